The largest absolute Gasteiger partial charge is 0.495 e. The van der Waals surface area contributed by atoms with E-state index in [0.29, 0.717) is 11.3 Å². The van der Waals surface area contributed by atoms with Crippen molar-refractivity contribution >= 4 is 0 Å². The van der Waals surface area contributed by atoms with E-state index in [1.54, 1.807) is 7.11 Å². The smallest absolute Gasteiger partial charge is 0.136 e. The summed E-state index contributed by atoms with van der Waals surface area (Å²) in [5, 5.41) is 12.4. The van der Waals surface area contributed by atoms with Crippen LogP contribution in [0.4, 0.5) is 0 Å². The van der Waals surface area contributed by atoms with Crippen LogP contribution in [0.5, 0.6) is 5.75 Å². The number of hydrogen-bond donors (Lipinski definition) is 1. The molecule has 0 aliphatic carbocycles. The molecule has 0 saturated heterocycles. The number of ether oxygens (including phenoxy) is 1. The van der Waals surface area contributed by atoms with Gasteiger partial charge in [-0.25, -0.2) is 0 Å². The number of rotatable bonds is 8. The lowest BCUT2D eigenvalue weighted by Gasteiger charge is -2.07. The van der Waals surface area contributed by atoms with E-state index in [-0.39, 0.29) is 0 Å². The summed E-state index contributed by atoms with van der Waals surface area (Å²) in [6.45, 7) is 4.06. The first kappa shape index (κ1) is 14.5. The van der Waals surface area contributed by atoms with Crippen molar-refractivity contribution in [3.8, 4) is 11.8 Å². The number of methoxy groups -OCH3 is 1. The number of nitriles is 1. The quantitative estimate of drug-likeness (QED) is 0.716. The summed E-state index contributed by atoms with van der Waals surface area (Å²) in [5.41, 5.74) is 1.73. The fraction of sp³-hybridized carbons (Fsp3) is 0.533. The zero-order chi connectivity index (χ0) is 13.2. The Morgan fingerprint density at radius 3 is 2.78 bits per heavy atom. The monoisotopic (exact) mass is 246 g/mol. The molecular formula is C15H22N2O. The number of nitrogens with one attached hydrogen (secondary N) is 1. The molecule has 0 aliphatic rings. The van der Waals surface area contributed by atoms with Crippen LogP contribution in [0.15, 0.2) is 18.2 Å². The van der Waals surface area contributed by atoms with Gasteiger partial charge in [0, 0.05) is 6.54 Å². The minimum atomic E-state index is 0.600. The van der Waals surface area contributed by atoms with E-state index in [1.807, 2.05) is 18.2 Å². The van der Waals surface area contributed by atoms with E-state index in [0.717, 1.165) is 18.7 Å². The Kier molecular flexibility index (Phi) is 6.90. The average Bonchev–Trinajstić information content (AvgIpc) is 2.42. The van der Waals surface area contributed by atoms with Crippen LogP contribution in [0.2, 0.25) is 0 Å². The number of unbranched alkanes of at least 4 members (excludes halogenated alkanes) is 3. The molecule has 0 radical (unpaired) electrons. The molecule has 0 atom stereocenters. The second-order valence-corrected chi connectivity index (χ2v) is 4.38. The minimum Gasteiger partial charge on any atom is -0.495 e. The Hall–Kier alpha value is -1.53. The Morgan fingerprint density at radius 2 is 2.11 bits per heavy atom. The predicted octanol–water partition coefficient (Wildman–Crippen LogP) is 3.24. The highest BCUT2D eigenvalue weighted by Crippen LogP contribution is 2.18. The average molecular weight is 246 g/mol. The summed E-state index contributed by atoms with van der Waals surface area (Å²) in [7, 11) is 1.59. The van der Waals surface area contributed by atoms with Crippen LogP contribution >= 0.6 is 0 Å². The summed E-state index contributed by atoms with van der Waals surface area (Å²) in [6, 6.07) is 7.89. The molecule has 0 aliphatic heterocycles. The van der Waals surface area contributed by atoms with Gasteiger partial charge in [-0.3, -0.25) is 0 Å². The van der Waals surface area contributed by atoms with Crippen molar-refractivity contribution in [3.63, 3.8) is 0 Å². The normalized spacial score (nSPS) is 10.1. The maximum atomic E-state index is 8.99. The Bertz CT molecular complexity index is 396. The topological polar surface area (TPSA) is 45.0 Å². The summed E-state index contributed by atoms with van der Waals surface area (Å²) >= 11 is 0. The van der Waals surface area contributed by atoms with Crippen LogP contribution in [0.25, 0.3) is 0 Å². The van der Waals surface area contributed by atoms with E-state index in [9.17, 15) is 0 Å². The third kappa shape index (κ3) is 4.77. The number of benzene rings is 1. The second kappa shape index (κ2) is 8.54. The molecule has 0 unspecified atom stereocenters. The van der Waals surface area contributed by atoms with Gasteiger partial charge in [-0.2, -0.15) is 5.26 Å². The van der Waals surface area contributed by atoms with Crippen LogP contribution < -0.4 is 10.1 Å². The number of nitrogens with zero attached hydrogens (tertiary/aromatic N) is 1. The highest BCUT2D eigenvalue weighted by atomic mass is 16.5. The third-order valence-corrected chi connectivity index (χ3v) is 2.92. The molecule has 1 rings (SSSR count). The molecule has 98 valence electrons. The van der Waals surface area contributed by atoms with Gasteiger partial charge in [-0.05, 0) is 30.7 Å². The molecule has 0 heterocycles. The minimum absolute atomic E-state index is 0.600. The summed E-state index contributed by atoms with van der Waals surface area (Å²) in [4.78, 5) is 0. The van der Waals surface area contributed by atoms with Crippen molar-refractivity contribution in [2.45, 2.75) is 39.2 Å². The van der Waals surface area contributed by atoms with Gasteiger partial charge in [0.2, 0.25) is 0 Å². The van der Waals surface area contributed by atoms with Crippen LogP contribution in [0, 0.1) is 11.3 Å². The molecule has 0 spiro atoms. The number of hydrogen-bond acceptors (Lipinski definition) is 3. The van der Waals surface area contributed by atoms with Gasteiger partial charge >= 0.3 is 0 Å². The molecule has 3 heteroatoms. The Labute approximate surface area is 110 Å². The van der Waals surface area contributed by atoms with Crippen LogP contribution in [0.3, 0.4) is 0 Å². The van der Waals surface area contributed by atoms with E-state index in [1.165, 1.54) is 25.7 Å². The Morgan fingerprint density at radius 1 is 1.28 bits per heavy atom. The van der Waals surface area contributed by atoms with Gasteiger partial charge in [0.1, 0.15) is 11.8 Å². The van der Waals surface area contributed by atoms with Crippen molar-refractivity contribution in [1.82, 2.24) is 5.32 Å². The summed E-state index contributed by atoms with van der Waals surface area (Å²) < 4.78 is 5.12. The lowest BCUT2D eigenvalue weighted by Crippen LogP contribution is -2.14. The standard InChI is InChI=1S/C15H22N2O/c1-3-4-5-6-9-17-12-13-7-8-15(18-2)14(10-13)11-16/h7-8,10,17H,3-6,9,12H2,1-2H3. The highest BCUT2D eigenvalue weighted by molar-refractivity contribution is 5.45. The molecule has 1 N–H and O–H groups in total. The molecule has 0 amide bonds. The van der Waals surface area contributed by atoms with Gasteiger partial charge in [0.25, 0.3) is 0 Å². The van der Waals surface area contributed by atoms with E-state index in [4.69, 9.17) is 10.00 Å². The maximum Gasteiger partial charge on any atom is 0.136 e. The zero-order valence-electron chi connectivity index (χ0n) is 11.3. The molecule has 1 aromatic carbocycles. The highest BCUT2D eigenvalue weighted by Gasteiger charge is 2.03. The van der Waals surface area contributed by atoms with Crippen LogP contribution in [-0.2, 0) is 6.54 Å². The molecule has 0 bridgehead atoms. The molecule has 3 nitrogen and oxygen atoms in total. The van der Waals surface area contributed by atoms with Crippen molar-refractivity contribution in [3.05, 3.63) is 29.3 Å². The maximum absolute atomic E-state index is 8.99. The van der Waals surface area contributed by atoms with E-state index < -0.39 is 0 Å². The fourth-order valence-corrected chi connectivity index (χ4v) is 1.86. The SMILES string of the molecule is CCCCCCNCc1ccc(OC)c(C#N)c1. The van der Waals surface area contributed by atoms with Gasteiger partial charge < -0.3 is 10.1 Å². The van der Waals surface area contributed by atoms with Crippen molar-refractivity contribution in [2.75, 3.05) is 13.7 Å². The summed E-state index contributed by atoms with van der Waals surface area (Å²) in [5.74, 6) is 0.643. The van der Waals surface area contributed by atoms with Crippen LogP contribution in [-0.4, -0.2) is 13.7 Å². The lowest BCUT2D eigenvalue weighted by atomic mass is 10.1. The molecular weight excluding hydrogens is 224 g/mol. The Balaban J connectivity index is 2.37. The zero-order valence-corrected chi connectivity index (χ0v) is 11.3. The second-order valence-electron chi connectivity index (χ2n) is 4.38. The van der Waals surface area contributed by atoms with E-state index in [2.05, 4.69) is 18.3 Å². The first-order valence-corrected chi connectivity index (χ1v) is 6.59. The summed E-state index contributed by atoms with van der Waals surface area (Å²) in [6.07, 6.45) is 5.08. The van der Waals surface area contributed by atoms with E-state index >= 15 is 0 Å². The van der Waals surface area contributed by atoms with Gasteiger partial charge in [-0.15, -0.1) is 0 Å². The lowest BCUT2D eigenvalue weighted by molar-refractivity contribution is 0.413. The van der Waals surface area contributed by atoms with Crippen molar-refractivity contribution < 1.29 is 4.74 Å². The third-order valence-electron chi connectivity index (χ3n) is 2.92. The molecule has 18 heavy (non-hydrogen) atoms. The predicted molar refractivity (Wildman–Crippen MR) is 73.6 cm³/mol. The van der Waals surface area contributed by atoms with Gasteiger partial charge in [-0.1, -0.05) is 32.3 Å². The van der Waals surface area contributed by atoms with Gasteiger partial charge in [0.15, 0.2) is 0 Å². The van der Waals surface area contributed by atoms with Crippen LogP contribution in [0.1, 0.15) is 43.7 Å². The molecule has 0 saturated carbocycles. The molecule has 0 fully saturated rings. The molecule has 0 aromatic heterocycles. The van der Waals surface area contributed by atoms with Gasteiger partial charge in [0.05, 0.1) is 12.7 Å². The van der Waals surface area contributed by atoms with Crippen molar-refractivity contribution in [2.24, 2.45) is 0 Å². The van der Waals surface area contributed by atoms with Crippen molar-refractivity contribution in [1.29, 1.82) is 5.26 Å². The fourth-order valence-electron chi connectivity index (χ4n) is 1.86. The first-order valence-electron chi connectivity index (χ1n) is 6.59. The molecule has 1 aromatic rings. The first-order chi connectivity index (χ1) is 8.81.